The molecule has 100 valence electrons. The molecule has 2 heterocycles. The lowest BCUT2D eigenvalue weighted by atomic mass is 10.1. The number of halogens is 1. The second kappa shape index (κ2) is 4.87. The number of alkyl halides is 1. The van der Waals surface area contributed by atoms with Gasteiger partial charge in [-0.1, -0.05) is 0 Å². The molecule has 1 aromatic heterocycles. The van der Waals surface area contributed by atoms with Crippen molar-refractivity contribution >= 4 is 11.8 Å². The van der Waals surface area contributed by atoms with E-state index in [9.17, 15) is 19.1 Å². The van der Waals surface area contributed by atoms with Crippen LogP contribution in [0.25, 0.3) is 0 Å². The van der Waals surface area contributed by atoms with E-state index in [-0.39, 0.29) is 12.2 Å². The summed E-state index contributed by atoms with van der Waals surface area (Å²) in [6, 6.07) is 0. The number of hydrogen-bond acceptors (Lipinski definition) is 5. The van der Waals surface area contributed by atoms with Crippen molar-refractivity contribution in [1.29, 1.82) is 0 Å². The van der Waals surface area contributed by atoms with Gasteiger partial charge < -0.3 is 10.2 Å². The highest BCUT2D eigenvalue weighted by atomic mass is 32.2. The van der Waals surface area contributed by atoms with Crippen molar-refractivity contribution in [3.63, 3.8) is 0 Å². The van der Waals surface area contributed by atoms with Gasteiger partial charge in [-0.15, -0.1) is 11.8 Å². The van der Waals surface area contributed by atoms with E-state index >= 15 is 0 Å². The smallest absolute Gasteiger partial charge is 0.329 e. The minimum Gasteiger partial charge on any atom is -0.395 e. The fourth-order valence-corrected chi connectivity index (χ4v) is 3.21. The number of aromatic nitrogens is 2. The van der Waals surface area contributed by atoms with Crippen molar-refractivity contribution in [3.8, 4) is 0 Å². The predicted octanol–water partition coefficient (Wildman–Crippen LogP) is -0.850. The summed E-state index contributed by atoms with van der Waals surface area (Å²) >= 11 is 0.975. The fraction of sp³-hybridized carbons (Fsp3) is 0.600. The lowest BCUT2D eigenvalue weighted by Crippen LogP contribution is -2.36. The number of aliphatic hydroxyl groups is 2. The molecule has 18 heavy (non-hydrogen) atoms. The Labute approximate surface area is 105 Å². The molecule has 1 aromatic rings. The molecular formula is C10H13FN2O4S. The lowest BCUT2D eigenvalue weighted by Gasteiger charge is -2.16. The number of H-pyrrole nitrogens is 1. The molecule has 0 aliphatic carbocycles. The van der Waals surface area contributed by atoms with Gasteiger partial charge in [-0.25, -0.2) is 9.18 Å². The number of aryl methyl sites for hydroxylation is 1. The maximum atomic E-state index is 13.9. The van der Waals surface area contributed by atoms with E-state index in [4.69, 9.17) is 5.11 Å². The van der Waals surface area contributed by atoms with Crippen LogP contribution in [0.4, 0.5) is 4.39 Å². The molecule has 0 bridgehead atoms. The molecule has 8 heteroatoms. The van der Waals surface area contributed by atoms with E-state index in [1.807, 2.05) is 0 Å². The van der Waals surface area contributed by atoms with Gasteiger partial charge in [0.05, 0.1) is 11.9 Å². The van der Waals surface area contributed by atoms with Gasteiger partial charge >= 0.3 is 5.69 Å². The van der Waals surface area contributed by atoms with Crippen LogP contribution < -0.4 is 11.2 Å². The molecule has 0 radical (unpaired) electrons. The van der Waals surface area contributed by atoms with E-state index in [1.165, 1.54) is 13.1 Å². The lowest BCUT2D eigenvalue weighted by molar-refractivity contribution is 0.0631. The van der Waals surface area contributed by atoms with Gasteiger partial charge in [0.25, 0.3) is 5.56 Å². The third-order valence-electron chi connectivity index (χ3n) is 2.89. The highest BCUT2D eigenvalue weighted by Crippen LogP contribution is 2.42. The maximum Gasteiger partial charge on any atom is 0.329 e. The Morgan fingerprint density at radius 2 is 2.22 bits per heavy atom. The van der Waals surface area contributed by atoms with Gasteiger partial charge in [0.1, 0.15) is 11.5 Å². The summed E-state index contributed by atoms with van der Waals surface area (Å²) in [7, 11) is 0. The second-order valence-corrected chi connectivity index (χ2v) is 5.52. The van der Waals surface area contributed by atoms with E-state index in [0.717, 1.165) is 16.3 Å². The Balaban J connectivity index is 2.42. The number of hydrogen-bond donors (Lipinski definition) is 3. The molecule has 0 saturated carbocycles. The van der Waals surface area contributed by atoms with Gasteiger partial charge in [-0.3, -0.25) is 14.3 Å². The third-order valence-corrected chi connectivity index (χ3v) is 4.44. The number of rotatable bonds is 2. The van der Waals surface area contributed by atoms with Crippen molar-refractivity contribution < 1.29 is 14.6 Å². The largest absolute Gasteiger partial charge is 0.395 e. The molecule has 2 unspecified atom stereocenters. The molecular weight excluding hydrogens is 263 g/mol. The average molecular weight is 276 g/mol. The summed E-state index contributed by atoms with van der Waals surface area (Å²) in [5.74, 6) is 0. The zero-order chi connectivity index (χ0) is 13.4. The summed E-state index contributed by atoms with van der Waals surface area (Å²) in [6.45, 7) is 1.13. The number of nitrogens with zero attached hydrogens (tertiary/aromatic N) is 1. The molecule has 2 rings (SSSR count). The van der Waals surface area contributed by atoms with Crippen LogP contribution >= 0.6 is 11.8 Å². The first-order valence-corrected chi connectivity index (χ1v) is 6.30. The van der Waals surface area contributed by atoms with Crippen molar-refractivity contribution in [2.75, 3.05) is 6.61 Å². The molecule has 1 aliphatic heterocycles. The summed E-state index contributed by atoms with van der Waals surface area (Å²) in [5.41, 5.74) is -0.963. The Kier molecular flexibility index (Phi) is 3.60. The summed E-state index contributed by atoms with van der Waals surface area (Å²) < 4.78 is 14.9. The Morgan fingerprint density at radius 1 is 1.56 bits per heavy atom. The predicted molar refractivity (Wildman–Crippen MR) is 64.5 cm³/mol. The van der Waals surface area contributed by atoms with Gasteiger partial charge in [0.15, 0.2) is 6.17 Å². The quantitative estimate of drug-likeness (QED) is 0.654. The highest BCUT2D eigenvalue weighted by molar-refractivity contribution is 8.00. The molecule has 1 fully saturated rings. The molecule has 0 amide bonds. The van der Waals surface area contributed by atoms with Gasteiger partial charge in [-0.2, -0.15) is 0 Å². The fourth-order valence-electron chi connectivity index (χ4n) is 1.85. The topological polar surface area (TPSA) is 95.3 Å². The minimum atomic E-state index is -1.67. The number of aromatic amines is 1. The normalized spacial score (nSPS) is 31.8. The molecule has 1 saturated heterocycles. The SMILES string of the molecule is Cc1cn([C@@H]2S[C@H](CO)C(O)C2F)c(=O)[nH]c1=O. The third kappa shape index (κ3) is 2.11. The molecule has 4 atom stereocenters. The highest BCUT2D eigenvalue weighted by Gasteiger charge is 2.44. The monoisotopic (exact) mass is 276 g/mol. The van der Waals surface area contributed by atoms with Gasteiger partial charge in [0, 0.05) is 11.8 Å². The van der Waals surface area contributed by atoms with Crippen LogP contribution in [0.3, 0.4) is 0 Å². The Bertz CT molecular complexity index is 558. The zero-order valence-electron chi connectivity index (χ0n) is 9.54. The maximum absolute atomic E-state index is 13.9. The summed E-state index contributed by atoms with van der Waals surface area (Å²) in [5, 5.41) is 16.9. The van der Waals surface area contributed by atoms with Crippen molar-refractivity contribution in [1.82, 2.24) is 9.55 Å². The first kappa shape index (κ1) is 13.3. The van der Waals surface area contributed by atoms with E-state index in [1.54, 1.807) is 0 Å². The van der Waals surface area contributed by atoms with Crippen molar-refractivity contribution in [2.24, 2.45) is 0 Å². The van der Waals surface area contributed by atoms with Crippen molar-refractivity contribution in [3.05, 3.63) is 32.6 Å². The van der Waals surface area contributed by atoms with Crippen LogP contribution in [0.5, 0.6) is 0 Å². The molecule has 0 aromatic carbocycles. The Morgan fingerprint density at radius 3 is 2.78 bits per heavy atom. The number of nitrogens with one attached hydrogen (secondary N) is 1. The van der Waals surface area contributed by atoms with Crippen LogP contribution in [-0.2, 0) is 0 Å². The minimum absolute atomic E-state index is 0.282. The van der Waals surface area contributed by atoms with E-state index in [0.29, 0.717) is 0 Å². The zero-order valence-corrected chi connectivity index (χ0v) is 10.4. The first-order chi connectivity index (χ1) is 8.45. The molecule has 1 aliphatic rings. The second-order valence-electron chi connectivity index (χ2n) is 4.16. The van der Waals surface area contributed by atoms with Crippen LogP contribution in [0, 0.1) is 6.92 Å². The Hall–Kier alpha value is -1.12. The van der Waals surface area contributed by atoms with Crippen LogP contribution in [-0.4, -0.2) is 43.9 Å². The number of aliphatic hydroxyl groups excluding tert-OH is 2. The standard InChI is InChI=1S/C10H13FN2O4S/c1-4-2-13(10(17)12-8(4)16)9-6(11)7(15)5(3-14)18-9/h2,5-7,9,14-15H,3H2,1H3,(H,12,16,17)/t5-,6?,7?,9-/m1/s1. The van der Waals surface area contributed by atoms with Crippen LogP contribution in [0.1, 0.15) is 10.9 Å². The number of thioether (sulfide) groups is 1. The first-order valence-electron chi connectivity index (χ1n) is 5.36. The van der Waals surface area contributed by atoms with Gasteiger partial charge in [0.2, 0.25) is 0 Å². The van der Waals surface area contributed by atoms with E-state index < -0.39 is 34.1 Å². The molecule has 0 spiro atoms. The molecule has 3 N–H and O–H groups in total. The molecule has 6 nitrogen and oxygen atoms in total. The van der Waals surface area contributed by atoms with Crippen molar-refractivity contribution in [2.45, 2.75) is 29.8 Å². The van der Waals surface area contributed by atoms with Crippen LogP contribution in [0.15, 0.2) is 15.8 Å². The average Bonchev–Trinajstić information content (AvgIpc) is 2.61. The van der Waals surface area contributed by atoms with Crippen LogP contribution in [0.2, 0.25) is 0 Å². The van der Waals surface area contributed by atoms with Gasteiger partial charge in [-0.05, 0) is 6.92 Å². The summed E-state index contributed by atoms with van der Waals surface area (Å²) in [6.07, 6.45) is -1.74. The van der Waals surface area contributed by atoms with E-state index in [2.05, 4.69) is 4.98 Å². The summed E-state index contributed by atoms with van der Waals surface area (Å²) in [4.78, 5) is 24.9.